The molecule has 0 aliphatic carbocycles. The van der Waals surface area contributed by atoms with Gasteiger partial charge in [-0.3, -0.25) is 0 Å². The summed E-state index contributed by atoms with van der Waals surface area (Å²) in [5, 5.41) is 6.71. The Morgan fingerprint density at radius 1 is 1.52 bits per heavy atom. The SMILES string of the molecule is CC1=C(C(=O)OCC(C)C)C(c2ccsc2)NC(=O)N1C. The van der Waals surface area contributed by atoms with Crippen LogP contribution in [0.25, 0.3) is 0 Å². The zero-order valence-electron chi connectivity index (χ0n) is 12.7. The minimum absolute atomic E-state index is 0.218. The van der Waals surface area contributed by atoms with Crippen molar-refractivity contribution >= 4 is 23.3 Å². The maximum atomic E-state index is 12.4. The Labute approximate surface area is 128 Å². The van der Waals surface area contributed by atoms with Crippen LogP contribution in [-0.4, -0.2) is 30.6 Å². The molecule has 6 heteroatoms. The average molecular weight is 308 g/mol. The highest BCUT2D eigenvalue weighted by Gasteiger charge is 2.35. The molecule has 1 aromatic rings. The van der Waals surface area contributed by atoms with Crippen LogP contribution in [0.5, 0.6) is 0 Å². The first-order valence-electron chi connectivity index (χ1n) is 6.86. The number of esters is 1. The summed E-state index contributed by atoms with van der Waals surface area (Å²) in [7, 11) is 1.64. The molecule has 0 bridgehead atoms. The fraction of sp³-hybridized carbons (Fsp3) is 0.467. The molecule has 2 heterocycles. The van der Waals surface area contributed by atoms with Crippen molar-refractivity contribution in [2.24, 2.45) is 5.92 Å². The van der Waals surface area contributed by atoms with Gasteiger partial charge in [-0.05, 0) is 35.2 Å². The number of hydrogen-bond donors (Lipinski definition) is 1. The summed E-state index contributed by atoms with van der Waals surface area (Å²) in [6.45, 7) is 6.10. The van der Waals surface area contributed by atoms with Gasteiger partial charge >= 0.3 is 12.0 Å². The molecule has 1 aromatic heterocycles. The van der Waals surface area contributed by atoms with Crippen LogP contribution in [0, 0.1) is 5.92 Å². The Morgan fingerprint density at radius 3 is 2.81 bits per heavy atom. The highest BCUT2D eigenvalue weighted by atomic mass is 32.1. The van der Waals surface area contributed by atoms with E-state index in [0.29, 0.717) is 17.9 Å². The lowest BCUT2D eigenvalue weighted by Crippen LogP contribution is -2.46. The zero-order chi connectivity index (χ0) is 15.6. The quantitative estimate of drug-likeness (QED) is 0.870. The lowest BCUT2D eigenvalue weighted by molar-refractivity contribution is -0.140. The number of amides is 2. The van der Waals surface area contributed by atoms with E-state index in [-0.39, 0.29) is 17.9 Å². The maximum Gasteiger partial charge on any atom is 0.338 e. The largest absolute Gasteiger partial charge is 0.462 e. The van der Waals surface area contributed by atoms with Gasteiger partial charge in [-0.15, -0.1) is 0 Å². The van der Waals surface area contributed by atoms with Crippen LogP contribution in [0.3, 0.4) is 0 Å². The maximum absolute atomic E-state index is 12.4. The first-order valence-corrected chi connectivity index (χ1v) is 7.80. The second kappa shape index (κ2) is 6.30. The Balaban J connectivity index is 2.34. The molecule has 1 unspecified atom stereocenters. The van der Waals surface area contributed by atoms with E-state index in [0.717, 1.165) is 5.56 Å². The summed E-state index contributed by atoms with van der Waals surface area (Å²) < 4.78 is 5.35. The van der Waals surface area contributed by atoms with E-state index in [1.165, 1.54) is 16.2 Å². The average Bonchev–Trinajstić information content (AvgIpc) is 2.95. The smallest absolute Gasteiger partial charge is 0.338 e. The fourth-order valence-corrected chi connectivity index (χ4v) is 2.80. The minimum Gasteiger partial charge on any atom is -0.462 e. The number of thiophene rings is 1. The Kier molecular flexibility index (Phi) is 4.67. The van der Waals surface area contributed by atoms with E-state index in [1.807, 2.05) is 30.7 Å². The van der Waals surface area contributed by atoms with Gasteiger partial charge in [-0.1, -0.05) is 13.8 Å². The van der Waals surface area contributed by atoms with Crippen molar-refractivity contribution in [2.45, 2.75) is 26.8 Å². The van der Waals surface area contributed by atoms with Crippen molar-refractivity contribution in [1.29, 1.82) is 0 Å². The molecule has 0 saturated carbocycles. The molecule has 1 aliphatic rings. The molecule has 114 valence electrons. The van der Waals surface area contributed by atoms with Gasteiger partial charge in [0.15, 0.2) is 0 Å². The van der Waals surface area contributed by atoms with E-state index >= 15 is 0 Å². The van der Waals surface area contributed by atoms with Crippen LogP contribution in [0.2, 0.25) is 0 Å². The van der Waals surface area contributed by atoms with Gasteiger partial charge in [-0.25, -0.2) is 9.59 Å². The highest BCUT2D eigenvalue weighted by Crippen LogP contribution is 2.31. The van der Waals surface area contributed by atoms with Gasteiger partial charge in [0.05, 0.1) is 18.2 Å². The number of ether oxygens (including phenoxy) is 1. The van der Waals surface area contributed by atoms with Crippen molar-refractivity contribution in [2.75, 3.05) is 13.7 Å². The van der Waals surface area contributed by atoms with Gasteiger partial charge in [0.2, 0.25) is 0 Å². The summed E-state index contributed by atoms with van der Waals surface area (Å²) in [6.07, 6.45) is 0. The Morgan fingerprint density at radius 2 is 2.24 bits per heavy atom. The summed E-state index contributed by atoms with van der Waals surface area (Å²) in [5.74, 6) is -0.102. The summed E-state index contributed by atoms with van der Waals surface area (Å²) >= 11 is 1.53. The number of hydrogen-bond acceptors (Lipinski definition) is 4. The molecule has 5 nitrogen and oxygen atoms in total. The molecule has 0 saturated heterocycles. The first kappa shape index (κ1) is 15.6. The summed E-state index contributed by atoms with van der Waals surface area (Å²) in [4.78, 5) is 25.8. The third kappa shape index (κ3) is 3.26. The highest BCUT2D eigenvalue weighted by molar-refractivity contribution is 7.08. The van der Waals surface area contributed by atoms with E-state index in [2.05, 4.69) is 5.32 Å². The second-order valence-electron chi connectivity index (χ2n) is 5.49. The van der Waals surface area contributed by atoms with Crippen LogP contribution in [0.1, 0.15) is 32.4 Å². The molecule has 0 fully saturated rings. The van der Waals surface area contributed by atoms with Crippen molar-refractivity contribution in [1.82, 2.24) is 10.2 Å². The van der Waals surface area contributed by atoms with Crippen molar-refractivity contribution in [3.8, 4) is 0 Å². The standard InChI is InChI=1S/C15H20N2O3S/c1-9(2)7-20-14(18)12-10(3)17(4)15(19)16-13(12)11-5-6-21-8-11/h5-6,8-9,13H,7H2,1-4H3,(H,16,19). The van der Waals surface area contributed by atoms with Gasteiger partial charge in [0, 0.05) is 12.7 Å². The summed E-state index contributed by atoms with van der Waals surface area (Å²) in [6, 6.07) is 1.24. The minimum atomic E-state index is -0.445. The molecule has 21 heavy (non-hydrogen) atoms. The van der Waals surface area contributed by atoms with Crippen molar-refractivity contribution < 1.29 is 14.3 Å². The van der Waals surface area contributed by atoms with E-state index in [4.69, 9.17) is 4.74 Å². The van der Waals surface area contributed by atoms with Crippen LogP contribution < -0.4 is 5.32 Å². The molecule has 0 radical (unpaired) electrons. The van der Waals surface area contributed by atoms with Gasteiger partial charge < -0.3 is 15.0 Å². The van der Waals surface area contributed by atoms with Crippen LogP contribution >= 0.6 is 11.3 Å². The van der Waals surface area contributed by atoms with Gasteiger partial charge in [0.1, 0.15) is 0 Å². The Bertz CT molecular complexity index is 563. The lowest BCUT2D eigenvalue weighted by atomic mass is 9.97. The number of rotatable bonds is 4. The van der Waals surface area contributed by atoms with E-state index < -0.39 is 6.04 Å². The fourth-order valence-electron chi connectivity index (χ4n) is 2.11. The van der Waals surface area contributed by atoms with Gasteiger partial charge in [0.25, 0.3) is 0 Å². The summed E-state index contributed by atoms with van der Waals surface area (Å²) in [5.41, 5.74) is 2.03. The van der Waals surface area contributed by atoms with E-state index in [1.54, 1.807) is 14.0 Å². The van der Waals surface area contributed by atoms with Gasteiger partial charge in [-0.2, -0.15) is 11.3 Å². The second-order valence-corrected chi connectivity index (χ2v) is 6.27. The monoisotopic (exact) mass is 308 g/mol. The molecule has 1 N–H and O–H groups in total. The van der Waals surface area contributed by atoms with E-state index in [9.17, 15) is 9.59 Å². The number of nitrogens with zero attached hydrogens (tertiary/aromatic N) is 1. The molecule has 1 aliphatic heterocycles. The molecule has 2 rings (SSSR count). The third-order valence-electron chi connectivity index (χ3n) is 3.40. The zero-order valence-corrected chi connectivity index (χ0v) is 13.5. The number of carbonyl (C=O) groups is 2. The number of allylic oxidation sites excluding steroid dienone is 1. The first-order chi connectivity index (χ1) is 9.91. The Hall–Kier alpha value is -1.82. The normalized spacial score (nSPS) is 19.0. The molecule has 2 amide bonds. The topological polar surface area (TPSA) is 58.6 Å². The molecular weight excluding hydrogens is 288 g/mol. The molecule has 0 aromatic carbocycles. The van der Waals surface area contributed by atoms with Crippen LogP contribution in [0.15, 0.2) is 28.1 Å². The number of nitrogens with one attached hydrogen (secondary N) is 1. The predicted molar refractivity (Wildman–Crippen MR) is 81.9 cm³/mol. The van der Waals surface area contributed by atoms with Crippen molar-refractivity contribution in [3.63, 3.8) is 0 Å². The molecule has 0 spiro atoms. The van der Waals surface area contributed by atoms with Crippen LogP contribution in [-0.2, 0) is 9.53 Å². The third-order valence-corrected chi connectivity index (χ3v) is 4.10. The predicted octanol–water partition coefficient (Wildman–Crippen LogP) is 2.92. The number of urea groups is 1. The number of carbonyl (C=O) groups excluding carboxylic acids is 2. The van der Waals surface area contributed by atoms with Crippen LogP contribution in [0.4, 0.5) is 4.79 Å². The lowest BCUT2D eigenvalue weighted by Gasteiger charge is -2.32. The van der Waals surface area contributed by atoms with Crippen molar-refractivity contribution in [3.05, 3.63) is 33.7 Å². The molecule has 1 atom stereocenters. The molecular formula is C15H20N2O3S.